The van der Waals surface area contributed by atoms with Crippen LogP contribution in [-0.4, -0.2) is 9.97 Å². The summed E-state index contributed by atoms with van der Waals surface area (Å²) in [6, 6.07) is 5.47. The molecule has 2 rings (SSSR count). The van der Waals surface area contributed by atoms with Crippen molar-refractivity contribution in [1.29, 1.82) is 0 Å². The first-order valence-electron chi connectivity index (χ1n) is 4.57. The molecule has 0 bridgehead atoms. The Morgan fingerprint density at radius 3 is 2.62 bits per heavy atom. The molecule has 0 aliphatic heterocycles. The van der Waals surface area contributed by atoms with Gasteiger partial charge in [0.05, 0.1) is 5.02 Å². The van der Waals surface area contributed by atoms with Crippen molar-refractivity contribution in [2.24, 2.45) is 0 Å². The second kappa shape index (κ2) is 4.68. The molecule has 0 fully saturated rings. The molecule has 0 saturated carbocycles. The standard InChI is InChI=1S/C11H8Cl2N2O/c1-7-2-3-8(12)9(6-7)16-11-10(13)14-4-5-15-11/h2-6H,1H3. The molecule has 1 heterocycles. The summed E-state index contributed by atoms with van der Waals surface area (Å²) in [5.41, 5.74) is 1.04. The Kier molecular flexibility index (Phi) is 3.27. The lowest BCUT2D eigenvalue weighted by molar-refractivity contribution is 0.460. The minimum atomic E-state index is 0.208. The van der Waals surface area contributed by atoms with E-state index in [0.29, 0.717) is 10.8 Å². The lowest BCUT2D eigenvalue weighted by atomic mass is 10.2. The van der Waals surface area contributed by atoms with E-state index in [-0.39, 0.29) is 11.0 Å². The largest absolute Gasteiger partial charge is 0.435 e. The molecule has 16 heavy (non-hydrogen) atoms. The predicted molar refractivity (Wildman–Crippen MR) is 63.3 cm³/mol. The highest BCUT2D eigenvalue weighted by molar-refractivity contribution is 6.32. The van der Waals surface area contributed by atoms with Gasteiger partial charge in [-0.1, -0.05) is 29.3 Å². The fourth-order valence-electron chi connectivity index (χ4n) is 1.17. The maximum Gasteiger partial charge on any atom is 0.257 e. The van der Waals surface area contributed by atoms with Crippen molar-refractivity contribution in [1.82, 2.24) is 9.97 Å². The van der Waals surface area contributed by atoms with Gasteiger partial charge in [0.25, 0.3) is 5.88 Å². The maximum absolute atomic E-state index is 5.98. The van der Waals surface area contributed by atoms with E-state index in [1.807, 2.05) is 19.1 Å². The molecule has 2 aromatic rings. The van der Waals surface area contributed by atoms with E-state index in [1.165, 1.54) is 12.4 Å². The van der Waals surface area contributed by atoms with Gasteiger partial charge in [0.2, 0.25) is 0 Å². The highest BCUT2D eigenvalue weighted by atomic mass is 35.5. The van der Waals surface area contributed by atoms with Crippen LogP contribution in [0.2, 0.25) is 10.2 Å². The molecule has 0 aliphatic rings. The Morgan fingerprint density at radius 1 is 1.12 bits per heavy atom. The summed E-state index contributed by atoms with van der Waals surface area (Å²) < 4.78 is 5.48. The molecule has 0 atom stereocenters. The van der Waals surface area contributed by atoms with Crippen LogP contribution in [0.4, 0.5) is 0 Å². The third-order valence-corrected chi connectivity index (χ3v) is 2.49. The van der Waals surface area contributed by atoms with Crippen LogP contribution in [0.3, 0.4) is 0 Å². The van der Waals surface area contributed by atoms with Crippen molar-refractivity contribution in [3.63, 3.8) is 0 Å². The van der Waals surface area contributed by atoms with Gasteiger partial charge < -0.3 is 4.74 Å². The van der Waals surface area contributed by atoms with E-state index in [9.17, 15) is 0 Å². The van der Waals surface area contributed by atoms with Crippen molar-refractivity contribution < 1.29 is 4.74 Å². The van der Waals surface area contributed by atoms with E-state index >= 15 is 0 Å². The van der Waals surface area contributed by atoms with Gasteiger partial charge in [-0.3, -0.25) is 0 Å². The number of hydrogen-bond acceptors (Lipinski definition) is 3. The van der Waals surface area contributed by atoms with Gasteiger partial charge in [-0.2, -0.15) is 0 Å². The Balaban J connectivity index is 2.34. The van der Waals surface area contributed by atoms with Crippen LogP contribution in [0, 0.1) is 6.92 Å². The third-order valence-electron chi connectivity index (χ3n) is 1.92. The Hall–Kier alpha value is -1.32. The van der Waals surface area contributed by atoms with Crippen molar-refractivity contribution in [2.45, 2.75) is 6.92 Å². The summed E-state index contributed by atoms with van der Waals surface area (Å²) in [7, 11) is 0. The molecule has 1 aromatic carbocycles. The number of aryl methyl sites for hydroxylation is 1. The number of nitrogens with zero attached hydrogens (tertiary/aromatic N) is 2. The van der Waals surface area contributed by atoms with Gasteiger partial charge >= 0.3 is 0 Å². The molecule has 0 spiro atoms. The summed E-state index contributed by atoms with van der Waals surface area (Å²) in [6.45, 7) is 1.95. The fourth-order valence-corrected chi connectivity index (χ4v) is 1.47. The second-order valence-electron chi connectivity index (χ2n) is 3.19. The Labute approximate surface area is 103 Å². The monoisotopic (exact) mass is 254 g/mol. The van der Waals surface area contributed by atoms with Gasteiger partial charge in [-0.25, -0.2) is 9.97 Å². The second-order valence-corrected chi connectivity index (χ2v) is 3.95. The minimum absolute atomic E-state index is 0.208. The van der Waals surface area contributed by atoms with Crippen LogP contribution < -0.4 is 4.74 Å². The average Bonchev–Trinajstić information content (AvgIpc) is 2.27. The van der Waals surface area contributed by atoms with Gasteiger partial charge in [-0.05, 0) is 24.6 Å². The number of ether oxygens (including phenoxy) is 1. The molecule has 0 amide bonds. The van der Waals surface area contributed by atoms with E-state index in [4.69, 9.17) is 27.9 Å². The molecule has 5 heteroatoms. The van der Waals surface area contributed by atoms with Crippen LogP contribution >= 0.6 is 23.2 Å². The molecule has 3 nitrogen and oxygen atoms in total. The topological polar surface area (TPSA) is 35.0 Å². The Morgan fingerprint density at radius 2 is 1.88 bits per heavy atom. The summed E-state index contributed by atoms with van der Waals surface area (Å²) in [5, 5.41) is 0.715. The molecule has 1 aromatic heterocycles. The van der Waals surface area contributed by atoms with Crippen LogP contribution in [-0.2, 0) is 0 Å². The summed E-state index contributed by atoms with van der Waals surface area (Å²) in [5.74, 6) is 0.765. The van der Waals surface area contributed by atoms with Gasteiger partial charge in [-0.15, -0.1) is 0 Å². The average molecular weight is 255 g/mol. The van der Waals surface area contributed by atoms with Crippen molar-refractivity contribution in [3.05, 3.63) is 46.3 Å². The minimum Gasteiger partial charge on any atom is -0.435 e. The van der Waals surface area contributed by atoms with Gasteiger partial charge in [0, 0.05) is 12.4 Å². The number of hydrogen-bond donors (Lipinski definition) is 0. The lowest BCUT2D eigenvalue weighted by Crippen LogP contribution is -1.91. The summed E-state index contributed by atoms with van der Waals surface area (Å²) in [6.07, 6.45) is 3.00. The first kappa shape index (κ1) is 11.2. The Bertz CT molecular complexity index is 517. The first-order chi connectivity index (χ1) is 7.66. The zero-order chi connectivity index (χ0) is 11.5. The number of halogens is 2. The third kappa shape index (κ3) is 2.43. The number of rotatable bonds is 2. The molecule has 0 radical (unpaired) electrons. The maximum atomic E-state index is 5.98. The molecular formula is C11H8Cl2N2O. The van der Waals surface area contributed by atoms with Crippen molar-refractivity contribution in [2.75, 3.05) is 0 Å². The predicted octanol–water partition coefficient (Wildman–Crippen LogP) is 3.88. The SMILES string of the molecule is Cc1ccc(Cl)c(Oc2nccnc2Cl)c1. The smallest absolute Gasteiger partial charge is 0.257 e. The number of benzene rings is 1. The highest BCUT2D eigenvalue weighted by Crippen LogP contribution is 2.31. The molecule has 0 unspecified atom stereocenters. The van der Waals surface area contributed by atoms with E-state index in [1.54, 1.807) is 6.07 Å². The van der Waals surface area contributed by atoms with Gasteiger partial charge in [0.1, 0.15) is 5.75 Å². The van der Waals surface area contributed by atoms with Crippen molar-refractivity contribution >= 4 is 23.2 Å². The number of aromatic nitrogens is 2. The quantitative estimate of drug-likeness (QED) is 0.816. The van der Waals surface area contributed by atoms with Gasteiger partial charge in [0.15, 0.2) is 5.15 Å². The van der Waals surface area contributed by atoms with Crippen molar-refractivity contribution in [3.8, 4) is 11.6 Å². The fraction of sp³-hybridized carbons (Fsp3) is 0.0909. The van der Waals surface area contributed by atoms with Crippen LogP contribution in [0.1, 0.15) is 5.56 Å². The molecule has 0 saturated heterocycles. The molecule has 0 aliphatic carbocycles. The van der Waals surface area contributed by atoms with Crippen LogP contribution in [0.15, 0.2) is 30.6 Å². The normalized spacial score (nSPS) is 10.2. The summed E-state index contributed by atoms with van der Waals surface area (Å²) in [4.78, 5) is 7.83. The molecular weight excluding hydrogens is 247 g/mol. The highest BCUT2D eigenvalue weighted by Gasteiger charge is 2.08. The first-order valence-corrected chi connectivity index (χ1v) is 5.33. The lowest BCUT2D eigenvalue weighted by Gasteiger charge is -2.07. The van der Waals surface area contributed by atoms with Crippen LogP contribution in [0.25, 0.3) is 0 Å². The summed E-state index contributed by atoms with van der Waals surface area (Å²) >= 11 is 11.8. The zero-order valence-electron chi connectivity index (χ0n) is 8.45. The van der Waals surface area contributed by atoms with Crippen LogP contribution in [0.5, 0.6) is 11.6 Å². The van der Waals surface area contributed by atoms with E-state index in [0.717, 1.165) is 5.56 Å². The van der Waals surface area contributed by atoms with E-state index in [2.05, 4.69) is 9.97 Å². The molecule has 0 N–H and O–H groups in total. The molecule has 82 valence electrons. The zero-order valence-corrected chi connectivity index (χ0v) is 9.96. The van der Waals surface area contributed by atoms with E-state index < -0.39 is 0 Å².